The molecule has 0 aromatic carbocycles. The molecule has 0 unspecified atom stereocenters. The molecule has 40 valence electrons. The third kappa shape index (κ3) is 1.20. The van der Waals surface area contributed by atoms with Gasteiger partial charge in [0, 0.05) is 7.05 Å². The highest BCUT2D eigenvalue weighted by Gasteiger charge is 2.05. The summed E-state index contributed by atoms with van der Waals surface area (Å²) in [6.07, 6.45) is 2.55. The standard InChI is InChI=1S/C5H9NS/c1-6-5-3-2-4-7-5/h2-4H2,1H3/b6-5-. The van der Waals surface area contributed by atoms with Gasteiger partial charge in [0.2, 0.25) is 0 Å². The molecule has 1 aliphatic rings. The molecule has 0 spiro atoms. The van der Waals surface area contributed by atoms with Crippen molar-refractivity contribution in [3.63, 3.8) is 0 Å². The Hall–Kier alpha value is 0.0200. The lowest BCUT2D eigenvalue weighted by atomic mass is 10.4. The first kappa shape index (κ1) is 5.16. The van der Waals surface area contributed by atoms with E-state index >= 15 is 0 Å². The summed E-state index contributed by atoms with van der Waals surface area (Å²) in [5.41, 5.74) is 0. The summed E-state index contributed by atoms with van der Waals surface area (Å²) < 4.78 is 0. The summed E-state index contributed by atoms with van der Waals surface area (Å²) in [5, 5.41) is 1.33. The maximum absolute atomic E-state index is 4.07. The van der Waals surface area contributed by atoms with Crippen LogP contribution >= 0.6 is 11.8 Å². The van der Waals surface area contributed by atoms with Gasteiger partial charge in [0.25, 0.3) is 0 Å². The van der Waals surface area contributed by atoms with Gasteiger partial charge in [-0.05, 0) is 18.6 Å². The highest BCUT2D eigenvalue weighted by molar-refractivity contribution is 8.14. The van der Waals surface area contributed by atoms with Gasteiger partial charge in [0.15, 0.2) is 0 Å². The van der Waals surface area contributed by atoms with E-state index in [1.54, 1.807) is 0 Å². The summed E-state index contributed by atoms with van der Waals surface area (Å²) in [6, 6.07) is 0. The van der Waals surface area contributed by atoms with Crippen molar-refractivity contribution in [2.24, 2.45) is 4.99 Å². The van der Waals surface area contributed by atoms with Gasteiger partial charge in [-0.2, -0.15) is 0 Å². The normalized spacial score (nSPS) is 26.7. The lowest BCUT2D eigenvalue weighted by Crippen LogP contribution is -1.78. The van der Waals surface area contributed by atoms with Crippen molar-refractivity contribution in [2.75, 3.05) is 12.8 Å². The predicted octanol–water partition coefficient (Wildman–Crippen LogP) is 1.54. The number of hydrogen-bond acceptors (Lipinski definition) is 2. The van der Waals surface area contributed by atoms with Crippen LogP contribution in [0.3, 0.4) is 0 Å². The second-order valence-electron chi connectivity index (χ2n) is 1.57. The summed E-state index contributed by atoms with van der Waals surface area (Å²) in [6.45, 7) is 0. The van der Waals surface area contributed by atoms with Crippen LogP contribution in [0.15, 0.2) is 4.99 Å². The Morgan fingerprint density at radius 2 is 2.57 bits per heavy atom. The van der Waals surface area contributed by atoms with Crippen molar-refractivity contribution in [1.82, 2.24) is 0 Å². The fourth-order valence-electron chi connectivity index (χ4n) is 0.662. The molecule has 0 aliphatic carbocycles. The Bertz CT molecular complexity index is 80.1. The SMILES string of the molecule is C/N=C1/CCCS1. The minimum Gasteiger partial charge on any atom is -0.286 e. The molecule has 0 radical (unpaired) electrons. The average molecular weight is 115 g/mol. The summed E-state index contributed by atoms with van der Waals surface area (Å²) in [5.74, 6) is 1.28. The molecule has 2 heteroatoms. The minimum atomic E-state index is 1.22. The third-order valence-electron chi connectivity index (χ3n) is 1.05. The summed E-state index contributed by atoms with van der Waals surface area (Å²) in [4.78, 5) is 4.07. The Balaban J connectivity index is 2.41. The largest absolute Gasteiger partial charge is 0.286 e. The van der Waals surface area contributed by atoms with Crippen LogP contribution < -0.4 is 0 Å². The molecule has 0 N–H and O–H groups in total. The van der Waals surface area contributed by atoms with Crippen LogP contribution in [0.4, 0.5) is 0 Å². The van der Waals surface area contributed by atoms with E-state index in [0.717, 1.165) is 0 Å². The van der Waals surface area contributed by atoms with Crippen LogP contribution in [0.1, 0.15) is 12.8 Å². The fraction of sp³-hybridized carbons (Fsp3) is 0.800. The number of aliphatic imine (C=N–C) groups is 1. The van der Waals surface area contributed by atoms with Gasteiger partial charge in [-0.25, -0.2) is 0 Å². The molecule has 0 bridgehead atoms. The predicted molar refractivity (Wildman–Crippen MR) is 35.1 cm³/mol. The van der Waals surface area contributed by atoms with Gasteiger partial charge in [0.1, 0.15) is 0 Å². The Morgan fingerprint density at radius 3 is 2.86 bits per heavy atom. The fourth-order valence-corrected chi connectivity index (χ4v) is 1.60. The molecule has 1 aliphatic heterocycles. The summed E-state index contributed by atoms with van der Waals surface area (Å²) in [7, 11) is 1.87. The lowest BCUT2D eigenvalue weighted by molar-refractivity contribution is 1.04. The van der Waals surface area contributed by atoms with E-state index in [-0.39, 0.29) is 0 Å². The first-order valence-corrected chi connectivity index (χ1v) is 3.50. The second-order valence-corrected chi connectivity index (χ2v) is 2.74. The molecule has 0 aromatic rings. The van der Waals surface area contributed by atoms with E-state index in [9.17, 15) is 0 Å². The smallest absolute Gasteiger partial charge is 0.0672 e. The Kier molecular flexibility index (Phi) is 1.74. The first-order valence-electron chi connectivity index (χ1n) is 2.52. The maximum atomic E-state index is 4.07. The van der Waals surface area contributed by atoms with Crippen molar-refractivity contribution >= 4 is 16.8 Å². The molecule has 1 rings (SSSR count). The van der Waals surface area contributed by atoms with Crippen LogP contribution in [0.2, 0.25) is 0 Å². The minimum absolute atomic E-state index is 1.22. The van der Waals surface area contributed by atoms with Crippen LogP contribution in [0.5, 0.6) is 0 Å². The molecule has 1 saturated heterocycles. The Labute approximate surface area is 48.2 Å². The van der Waals surface area contributed by atoms with E-state index in [2.05, 4.69) is 4.99 Å². The third-order valence-corrected chi connectivity index (χ3v) is 2.27. The monoisotopic (exact) mass is 115 g/mol. The van der Waals surface area contributed by atoms with Gasteiger partial charge in [-0.3, -0.25) is 4.99 Å². The highest BCUT2D eigenvalue weighted by atomic mass is 32.2. The first-order chi connectivity index (χ1) is 3.43. The van der Waals surface area contributed by atoms with Gasteiger partial charge in [-0.15, -0.1) is 11.8 Å². The molecule has 0 aromatic heterocycles. The van der Waals surface area contributed by atoms with E-state index < -0.39 is 0 Å². The molecule has 0 atom stereocenters. The number of thioether (sulfide) groups is 1. The van der Waals surface area contributed by atoms with Crippen molar-refractivity contribution < 1.29 is 0 Å². The lowest BCUT2D eigenvalue weighted by Gasteiger charge is -1.83. The summed E-state index contributed by atoms with van der Waals surface area (Å²) >= 11 is 1.89. The van der Waals surface area contributed by atoms with E-state index in [1.165, 1.54) is 23.6 Å². The molecular weight excluding hydrogens is 106 g/mol. The van der Waals surface area contributed by atoms with Crippen molar-refractivity contribution in [3.8, 4) is 0 Å². The zero-order valence-electron chi connectivity index (χ0n) is 4.48. The van der Waals surface area contributed by atoms with Crippen LogP contribution in [-0.4, -0.2) is 17.8 Å². The van der Waals surface area contributed by atoms with Crippen LogP contribution in [0, 0.1) is 0 Å². The van der Waals surface area contributed by atoms with Crippen molar-refractivity contribution in [2.45, 2.75) is 12.8 Å². The van der Waals surface area contributed by atoms with E-state index in [0.29, 0.717) is 0 Å². The van der Waals surface area contributed by atoms with Gasteiger partial charge >= 0.3 is 0 Å². The van der Waals surface area contributed by atoms with Crippen LogP contribution in [0.25, 0.3) is 0 Å². The quantitative estimate of drug-likeness (QED) is 0.466. The second kappa shape index (κ2) is 2.36. The zero-order chi connectivity index (χ0) is 5.11. The molecule has 0 saturated carbocycles. The van der Waals surface area contributed by atoms with Gasteiger partial charge in [0.05, 0.1) is 5.04 Å². The number of rotatable bonds is 0. The number of hydrogen-bond donors (Lipinski definition) is 0. The van der Waals surface area contributed by atoms with E-state index in [4.69, 9.17) is 0 Å². The zero-order valence-corrected chi connectivity index (χ0v) is 5.29. The van der Waals surface area contributed by atoms with Gasteiger partial charge < -0.3 is 0 Å². The van der Waals surface area contributed by atoms with Crippen molar-refractivity contribution in [3.05, 3.63) is 0 Å². The number of nitrogens with zero attached hydrogens (tertiary/aromatic N) is 1. The van der Waals surface area contributed by atoms with Crippen LogP contribution in [-0.2, 0) is 0 Å². The topological polar surface area (TPSA) is 12.4 Å². The maximum Gasteiger partial charge on any atom is 0.0672 e. The molecular formula is C5H9NS. The molecule has 1 fully saturated rings. The van der Waals surface area contributed by atoms with Gasteiger partial charge in [-0.1, -0.05) is 0 Å². The highest BCUT2D eigenvalue weighted by Crippen LogP contribution is 2.19. The average Bonchev–Trinajstić information content (AvgIpc) is 2.14. The van der Waals surface area contributed by atoms with E-state index in [1.807, 2.05) is 18.8 Å². The van der Waals surface area contributed by atoms with Crippen molar-refractivity contribution in [1.29, 1.82) is 0 Å². The Morgan fingerprint density at radius 1 is 1.71 bits per heavy atom. The molecule has 1 nitrogen and oxygen atoms in total. The molecule has 0 amide bonds. The molecule has 7 heavy (non-hydrogen) atoms. The molecule has 1 heterocycles.